The number of nitrogens with one attached hydrogen (secondary N) is 1. The average Bonchev–Trinajstić information content (AvgIpc) is 2.62. The van der Waals surface area contributed by atoms with Crippen LogP contribution in [-0.4, -0.2) is 23.0 Å². The Kier molecular flexibility index (Phi) is 2.86. The molecule has 1 amide bonds. The van der Waals surface area contributed by atoms with E-state index in [2.05, 4.69) is 24.1 Å². The first-order valence-corrected chi connectivity index (χ1v) is 6.80. The predicted molar refractivity (Wildman–Crippen MR) is 70.8 cm³/mol. The monoisotopic (exact) mass is 244 g/mol. The highest BCUT2D eigenvalue weighted by Crippen LogP contribution is 2.36. The average molecular weight is 244 g/mol. The summed E-state index contributed by atoms with van der Waals surface area (Å²) in [5.41, 5.74) is 1.07. The molecule has 2 aliphatic rings. The highest BCUT2D eigenvalue weighted by molar-refractivity contribution is 5.86. The van der Waals surface area contributed by atoms with Crippen LogP contribution in [0.2, 0.25) is 0 Å². The zero-order valence-electron chi connectivity index (χ0n) is 11.0. The maximum atomic E-state index is 12.5. The molecule has 0 radical (unpaired) electrons. The summed E-state index contributed by atoms with van der Waals surface area (Å²) in [5, 5.41) is 3.41. The molecule has 3 nitrogen and oxygen atoms in total. The molecule has 96 valence electrons. The number of rotatable bonds is 2. The number of benzene rings is 1. The Balaban J connectivity index is 1.78. The summed E-state index contributed by atoms with van der Waals surface area (Å²) >= 11 is 0. The predicted octanol–water partition coefficient (Wildman–Crippen LogP) is 2.30. The molecule has 1 aromatic rings. The Bertz CT molecular complexity index is 439. The van der Waals surface area contributed by atoms with Crippen molar-refractivity contribution in [2.45, 2.75) is 44.9 Å². The van der Waals surface area contributed by atoms with Crippen LogP contribution in [0.5, 0.6) is 0 Å². The van der Waals surface area contributed by atoms with Crippen LogP contribution in [0.25, 0.3) is 0 Å². The van der Waals surface area contributed by atoms with Crippen LogP contribution in [0.1, 0.15) is 38.3 Å². The van der Waals surface area contributed by atoms with E-state index in [9.17, 15) is 4.79 Å². The van der Waals surface area contributed by atoms with Crippen molar-refractivity contribution in [3.8, 4) is 0 Å². The quantitative estimate of drug-likeness (QED) is 0.865. The minimum absolute atomic E-state index is 0.153. The van der Waals surface area contributed by atoms with Crippen LogP contribution in [-0.2, 0) is 4.79 Å². The minimum atomic E-state index is -0.155. The molecule has 0 spiro atoms. The zero-order chi connectivity index (χ0) is 12.7. The van der Waals surface area contributed by atoms with Crippen LogP contribution in [0.4, 0.5) is 0 Å². The lowest BCUT2D eigenvalue weighted by atomic mass is 9.80. The van der Waals surface area contributed by atoms with Gasteiger partial charge >= 0.3 is 0 Å². The second-order valence-electron chi connectivity index (χ2n) is 5.66. The van der Waals surface area contributed by atoms with E-state index < -0.39 is 0 Å². The van der Waals surface area contributed by atoms with Crippen LogP contribution < -0.4 is 5.32 Å². The molecule has 0 bridgehead atoms. The lowest BCUT2D eigenvalue weighted by Gasteiger charge is -2.41. The van der Waals surface area contributed by atoms with Gasteiger partial charge in [-0.2, -0.15) is 0 Å². The van der Waals surface area contributed by atoms with Gasteiger partial charge in [-0.25, -0.2) is 0 Å². The smallest absolute Gasteiger partial charge is 0.245 e. The second-order valence-corrected chi connectivity index (χ2v) is 5.66. The van der Waals surface area contributed by atoms with Crippen LogP contribution >= 0.6 is 0 Å². The Morgan fingerprint density at radius 3 is 2.44 bits per heavy atom. The minimum Gasteiger partial charge on any atom is -0.323 e. The van der Waals surface area contributed by atoms with Crippen molar-refractivity contribution in [1.29, 1.82) is 0 Å². The summed E-state index contributed by atoms with van der Waals surface area (Å²) < 4.78 is 0. The Labute approximate surface area is 108 Å². The van der Waals surface area contributed by atoms with E-state index >= 15 is 0 Å². The summed E-state index contributed by atoms with van der Waals surface area (Å²) in [7, 11) is 0. The topological polar surface area (TPSA) is 32.3 Å². The van der Waals surface area contributed by atoms with Gasteiger partial charge in [0.25, 0.3) is 0 Å². The number of carbonyl (C=O) groups excluding carboxylic acids is 1. The van der Waals surface area contributed by atoms with Gasteiger partial charge in [-0.1, -0.05) is 37.3 Å². The molecule has 3 heteroatoms. The maximum absolute atomic E-state index is 12.5. The van der Waals surface area contributed by atoms with Crippen molar-refractivity contribution in [1.82, 2.24) is 10.2 Å². The van der Waals surface area contributed by atoms with Gasteiger partial charge in [0.15, 0.2) is 0 Å². The van der Waals surface area contributed by atoms with Crippen molar-refractivity contribution < 1.29 is 4.79 Å². The molecule has 1 aliphatic carbocycles. The van der Waals surface area contributed by atoms with Gasteiger partial charge in [0, 0.05) is 6.04 Å². The maximum Gasteiger partial charge on any atom is 0.245 e. The van der Waals surface area contributed by atoms with Gasteiger partial charge in [-0.3, -0.25) is 10.1 Å². The fraction of sp³-hybridized carbons (Fsp3) is 0.533. The standard InChI is InChI=1S/C15H20N2O/c1-10-8-13(9-10)17-11(2)16-14(15(17)18)12-6-4-3-5-7-12/h3-7,10-11,13-14,16H,8-9H2,1-2H3. The molecule has 1 aromatic carbocycles. The Hall–Kier alpha value is -1.35. The Morgan fingerprint density at radius 2 is 1.83 bits per heavy atom. The summed E-state index contributed by atoms with van der Waals surface area (Å²) in [5.74, 6) is 1.01. The number of hydrogen-bond donors (Lipinski definition) is 1. The lowest BCUT2D eigenvalue weighted by Crippen LogP contribution is -2.49. The lowest BCUT2D eigenvalue weighted by molar-refractivity contribution is -0.134. The highest BCUT2D eigenvalue weighted by Gasteiger charge is 2.44. The molecule has 2 fully saturated rings. The van der Waals surface area contributed by atoms with Gasteiger partial charge in [-0.15, -0.1) is 0 Å². The summed E-state index contributed by atoms with van der Waals surface area (Å²) in [6.45, 7) is 4.34. The molecular formula is C15H20N2O. The molecule has 1 N–H and O–H groups in total. The first-order chi connectivity index (χ1) is 8.66. The normalized spacial score (nSPS) is 35.7. The van der Waals surface area contributed by atoms with Crippen LogP contribution in [0.3, 0.4) is 0 Å². The largest absolute Gasteiger partial charge is 0.323 e. The number of hydrogen-bond acceptors (Lipinski definition) is 2. The van der Waals surface area contributed by atoms with Gasteiger partial charge in [-0.05, 0) is 31.2 Å². The van der Waals surface area contributed by atoms with Crippen LogP contribution in [0.15, 0.2) is 30.3 Å². The van der Waals surface area contributed by atoms with Gasteiger partial charge in [0.05, 0.1) is 6.17 Å². The van der Waals surface area contributed by atoms with E-state index in [4.69, 9.17) is 0 Å². The molecule has 18 heavy (non-hydrogen) atoms. The van der Waals surface area contributed by atoms with E-state index in [1.807, 2.05) is 30.3 Å². The van der Waals surface area contributed by atoms with Crippen molar-refractivity contribution >= 4 is 5.91 Å². The van der Waals surface area contributed by atoms with Crippen molar-refractivity contribution in [2.75, 3.05) is 0 Å². The van der Waals surface area contributed by atoms with E-state index in [0.29, 0.717) is 6.04 Å². The Morgan fingerprint density at radius 1 is 1.17 bits per heavy atom. The third-order valence-corrected chi connectivity index (χ3v) is 4.20. The van der Waals surface area contributed by atoms with E-state index in [0.717, 1.165) is 24.3 Å². The molecule has 1 heterocycles. The SMILES string of the molecule is CC1CC(N2C(=O)C(c3ccccc3)NC2C)C1. The van der Waals surface area contributed by atoms with Crippen LogP contribution in [0, 0.1) is 5.92 Å². The summed E-state index contributed by atoms with van der Waals surface area (Å²) in [4.78, 5) is 14.6. The van der Waals surface area contributed by atoms with Crippen molar-refractivity contribution in [3.63, 3.8) is 0 Å². The third-order valence-electron chi connectivity index (χ3n) is 4.20. The molecule has 1 saturated carbocycles. The van der Waals surface area contributed by atoms with Crippen molar-refractivity contribution in [2.24, 2.45) is 5.92 Å². The first kappa shape index (κ1) is 11.7. The van der Waals surface area contributed by atoms with E-state index in [1.54, 1.807) is 0 Å². The number of nitrogens with zero attached hydrogens (tertiary/aromatic N) is 1. The molecule has 0 aromatic heterocycles. The molecule has 1 saturated heterocycles. The van der Waals surface area contributed by atoms with E-state index in [-0.39, 0.29) is 18.1 Å². The zero-order valence-corrected chi connectivity index (χ0v) is 11.0. The first-order valence-electron chi connectivity index (χ1n) is 6.80. The number of carbonyl (C=O) groups is 1. The fourth-order valence-corrected chi connectivity index (χ4v) is 3.20. The molecule has 1 aliphatic heterocycles. The summed E-state index contributed by atoms with van der Waals surface area (Å²) in [6, 6.07) is 10.3. The molecule has 2 unspecified atom stereocenters. The fourth-order valence-electron chi connectivity index (χ4n) is 3.20. The molecule has 2 atom stereocenters. The molecule has 3 rings (SSSR count). The highest BCUT2D eigenvalue weighted by atomic mass is 16.2. The number of amides is 1. The van der Waals surface area contributed by atoms with Gasteiger partial charge in [0.2, 0.25) is 5.91 Å². The van der Waals surface area contributed by atoms with E-state index in [1.165, 1.54) is 0 Å². The molecular weight excluding hydrogens is 224 g/mol. The van der Waals surface area contributed by atoms with Gasteiger partial charge in [0.1, 0.15) is 6.04 Å². The summed E-state index contributed by atoms with van der Waals surface area (Å²) in [6.07, 6.45) is 2.46. The second kappa shape index (κ2) is 4.39. The third kappa shape index (κ3) is 1.83. The van der Waals surface area contributed by atoms with Gasteiger partial charge < -0.3 is 4.90 Å². The van der Waals surface area contributed by atoms with Crippen molar-refractivity contribution in [3.05, 3.63) is 35.9 Å².